The van der Waals surface area contributed by atoms with E-state index in [1.165, 1.54) is 12.7 Å². The van der Waals surface area contributed by atoms with Crippen molar-refractivity contribution in [2.75, 3.05) is 44.7 Å². The van der Waals surface area contributed by atoms with Gasteiger partial charge in [0.15, 0.2) is 5.11 Å². The Morgan fingerprint density at radius 1 is 1.20 bits per heavy atom. The van der Waals surface area contributed by atoms with Crippen molar-refractivity contribution < 1.29 is 19.1 Å². The molecule has 0 aromatic heterocycles. The molecular formula is C25H33ClN4O4S. The first-order valence-corrected chi connectivity index (χ1v) is 13.1. The Kier molecular flexibility index (Phi) is 8.16. The Balaban J connectivity index is 1.23. The third-order valence-electron chi connectivity index (χ3n) is 7.44. The van der Waals surface area contributed by atoms with Crippen molar-refractivity contribution in [1.29, 1.82) is 0 Å². The van der Waals surface area contributed by atoms with Crippen LogP contribution in [0.1, 0.15) is 37.7 Å². The molecule has 3 aliphatic rings. The predicted octanol–water partition coefficient (Wildman–Crippen LogP) is 2.75. The number of amides is 2. The average molecular weight is 521 g/mol. The maximum absolute atomic E-state index is 13.1. The van der Waals surface area contributed by atoms with E-state index in [9.17, 15) is 14.4 Å². The molecule has 8 nitrogen and oxygen atoms in total. The van der Waals surface area contributed by atoms with E-state index in [0.717, 1.165) is 18.8 Å². The van der Waals surface area contributed by atoms with Crippen LogP contribution in [-0.2, 0) is 19.1 Å². The van der Waals surface area contributed by atoms with E-state index in [-0.39, 0.29) is 35.7 Å². The first-order valence-electron chi connectivity index (χ1n) is 12.3. The number of nitrogens with zero attached hydrogens (tertiary/aromatic N) is 3. The molecule has 4 rings (SSSR count). The zero-order chi connectivity index (χ0) is 25.1. The molecule has 1 aromatic rings. The highest BCUT2D eigenvalue weighted by atomic mass is 35.5. The maximum Gasteiger partial charge on any atom is 0.308 e. The fourth-order valence-corrected chi connectivity index (χ4v) is 5.92. The van der Waals surface area contributed by atoms with Crippen LogP contribution in [0.5, 0.6) is 0 Å². The number of aryl methyl sites for hydroxylation is 1. The lowest BCUT2D eigenvalue weighted by Gasteiger charge is -2.43. The molecule has 1 N–H and O–H groups in total. The molecule has 2 aliphatic heterocycles. The van der Waals surface area contributed by atoms with E-state index in [1.54, 1.807) is 4.90 Å². The number of esters is 1. The molecule has 0 radical (unpaired) electrons. The molecular weight excluding hydrogens is 488 g/mol. The summed E-state index contributed by atoms with van der Waals surface area (Å²) in [4.78, 5) is 43.6. The number of halogens is 1. The van der Waals surface area contributed by atoms with Crippen molar-refractivity contribution in [1.82, 2.24) is 15.1 Å². The van der Waals surface area contributed by atoms with Gasteiger partial charge in [0, 0.05) is 55.9 Å². The lowest BCUT2D eigenvalue weighted by Crippen LogP contribution is -2.61. The molecule has 2 amide bonds. The Morgan fingerprint density at radius 2 is 1.94 bits per heavy atom. The summed E-state index contributed by atoms with van der Waals surface area (Å²) in [5.74, 6) is -0.515. The van der Waals surface area contributed by atoms with Gasteiger partial charge >= 0.3 is 5.97 Å². The highest BCUT2D eigenvalue weighted by Gasteiger charge is 2.44. The summed E-state index contributed by atoms with van der Waals surface area (Å²) >= 11 is 11.6. The number of thiocarbonyl (C=S) groups is 1. The number of rotatable bonds is 6. The summed E-state index contributed by atoms with van der Waals surface area (Å²) in [6, 6.07) is 5.75. The van der Waals surface area contributed by atoms with E-state index in [2.05, 4.69) is 17.1 Å². The van der Waals surface area contributed by atoms with E-state index in [1.807, 2.05) is 23.1 Å². The number of benzene rings is 1. The number of carbonyl (C=O) groups excluding carboxylic acids is 3. The third kappa shape index (κ3) is 5.72. The highest BCUT2D eigenvalue weighted by molar-refractivity contribution is 7.80. The number of ether oxygens (including phenoxy) is 1. The van der Waals surface area contributed by atoms with Crippen LogP contribution in [-0.4, -0.2) is 78.6 Å². The monoisotopic (exact) mass is 520 g/mol. The second-order valence-corrected chi connectivity index (χ2v) is 10.4. The molecule has 0 bridgehead atoms. The van der Waals surface area contributed by atoms with Crippen LogP contribution in [0.3, 0.4) is 0 Å². The zero-order valence-electron chi connectivity index (χ0n) is 20.3. The van der Waals surface area contributed by atoms with Crippen LogP contribution >= 0.6 is 23.8 Å². The Bertz CT molecular complexity index is 998. The minimum absolute atomic E-state index is 0.0000193. The minimum atomic E-state index is -0.229. The van der Waals surface area contributed by atoms with Crippen LogP contribution in [0.2, 0.25) is 5.02 Å². The first kappa shape index (κ1) is 25.7. The quantitative estimate of drug-likeness (QED) is 0.456. The van der Waals surface area contributed by atoms with E-state index in [4.69, 9.17) is 28.6 Å². The molecule has 35 heavy (non-hydrogen) atoms. The van der Waals surface area contributed by atoms with Gasteiger partial charge in [-0.3, -0.25) is 19.3 Å². The zero-order valence-corrected chi connectivity index (χ0v) is 21.9. The minimum Gasteiger partial charge on any atom is -0.469 e. The molecule has 1 saturated carbocycles. The second-order valence-electron chi connectivity index (χ2n) is 9.59. The number of hydrogen-bond acceptors (Lipinski definition) is 6. The van der Waals surface area contributed by atoms with Gasteiger partial charge in [-0.05, 0) is 62.5 Å². The number of piperazine rings is 1. The van der Waals surface area contributed by atoms with E-state index < -0.39 is 0 Å². The van der Waals surface area contributed by atoms with Crippen molar-refractivity contribution in [3.05, 3.63) is 28.8 Å². The normalized spacial score (nSPS) is 24.7. The van der Waals surface area contributed by atoms with Gasteiger partial charge in [0.2, 0.25) is 11.8 Å². The Labute approximate surface area is 216 Å². The SMILES string of the molecule is COC(=O)C1CCC2C(=O)N(CCCC(=O)N3CCN(c4cc(Cl)ccc4C)CC3)C(=S)NC2C1. The fraction of sp³-hybridized carbons (Fsp3) is 0.600. The second kappa shape index (κ2) is 11.1. The maximum atomic E-state index is 13.1. The van der Waals surface area contributed by atoms with Crippen LogP contribution in [0.15, 0.2) is 18.2 Å². The van der Waals surface area contributed by atoms with Crippen LogP contribution in [0.4, 0.5) is 5.69 Å². The van der Waals surface area contributed by atoms with E-state index >= 15 is 0 Å². The van der Waals surface area contributed by atoms with Crippen molar-refractivity contribution in [2.45, 2.75) is 45.1 Å². The van der Waals surface area contributed by atoms with Crippen molar-refractivity contribution in [2.24, 2.45) is 11.8 Å². The topological polar surface area (TPSA) is 82.2 Å². The summed E-state index contributed by atoms with van der Waals surface area (Å²) < 4.78 is 4.87. The summed E-state index contributed by atoms with van der Waals surface area (Å²) in [7, 11) is 1.39. The van der Waals surface area contributed by atoms with Crippen LogP contribution < -0.4 is 10.2 Å². The number of methoxy groups -OCH3 is 1. The molecule has 3 unspecified atom stereocenters. The Hall–Kier alpha value is -2.39. The largest absolute Gasteiger partial charge is 0.469 e. The number of nitrogens with one attached hydrogen (secondary N) is 1. The number of hydrogen-bond donors (Lipinski definition) is 1. The standard InChI is InChI=1S/C25H33ClN4O4S/c1-16-5-7-18(26)15-21(16)28-10-12-29(13-11-28)22(31)4-3-9-30-23(32)19-8-6-17(24(33)34-2)14-20(19)27-25(30)35/h5,7,15,17,19-20H,3-4,6,8-14H2,1-2H3,(H,27,35). The van der Waals surface area contributed by atoms with Gasteiger partial charge in [-0.15, -0.1) is 0 Å². The molecule has 0 spiro atoms. The highest BCUT2D eigenvalue weighted by Crippen LogP contribution is 2.34. The van der Waals surface area contributed by atoms with Gasteiger partial charge in [0.1, 0.15) is 0 Å². The molecule has 3 fully saturated rings. The molecule has 10 heteroatoms. The van der Waals surface area contributed by atoms with Crippen molar-refractivity contribution >= 4 is 52.4 Å². The van der Waals surface area contributed by atoms with Crippen LogP contribution in [0, 0.1) is 18.8 Å². The van der Waals surface area contributed by atoms with Crippen molar-refractivity contribution in [3.63, 3.8) is 0 Å². The molecule has 3 atom stereocenters. The number of carbonyl (C=O) groups is 3. The summed E-state index contributed by atoms with van der Waals surface area (Å²) in [5.41, 5.74) is 2.29. The van der Waals surface area contributed by atoms with E-state index in [0.29, 0.717) is 61.9 Å². The number of anilines is 1. The lowest BCUT2D eigenvalue weighted by atomic mass is 9.76. The van der Waals surface area contributed by atoms with Crippen LogP contribution in [0.25, 0.3) is 0 Å². The first-order chi connectivity index (χ1) is 16.8. The predicted molar refractivity (Wildman–Crippen MR) is 138 cm³/mol. The Morgan fingerprint density at radius 3 is 2.66 bits per heavy atom. The molecule has 1 aromatic carbocycles. The summed E-state index contributed by atoms with van der Waals surface area (Å²) in [5, 5.41) is 4.36. The lowest BCUT2D eigenvalue weighted by molar-refractivity contribution is -0.149. The van der Waals surface area contributed by atoms with Crippen molar-refractivity contribution in [3.8, 4) is 0 Å². The molecule has 1 aliphatic carbocycles. The number of fused-ring (bicyclic) bond motifs is 1. The van der Waals surface area contributed by atoms with Gasteiger partial charge < -0.3 is 19.9 Å². The summed E-state index contributed by atoms with van der Waals surface area (Å²) in [6.07, 6.45) is 2.76. The summed E-state index contributed by atoms with van der Waals surface area (Å²) in [6.45, 7) is 5.35. The molecule has 2 saturated heterocycles. The molecule has 190 valence electrons. The van der Waals surface area contributed by atoms with Gasteiger partial charge in [-0.25, -0.2) is 0 Å². The average Bonchev–Trinajstić information content (AvgIpc) is 2.86. The third-order valence-corrected chi connectivity index (χ3v) is 8.01. The van der Waals surface area contributed by atoms with Gasteiger partial charge in [0.05, 0.1) is 18.9 Å². The van der Waals surface area contributed by atoms with Gasteiger partial charge in [-0.1, -0.05) is 17.7 Å². The van der Waals surface area contributed by atoms with Gasteiger partial charge in [0.25, 0.3) is 0 Å². The smallest absolute Gasteiger partial charge is 0.308 e. The fourth-order valence-electron chi connectivity index (χ4n) is 5.42. The van der Waals surface area contributed by atoms with Gasteiger partial charge in [-0.2, -0.15) is 0 Å². The molecule has 2 heterocycles.